The second-order valence-electron chi connectivity index (χ2n) is 7.68. The fourth-order valence-corrected chi connectivity index (χ4v) is 4.96. The van der Waals surface area contributed by atoms with Gasteiger partial charge in [0.2, 0.25) is 0 Å². The number of amides is 2. The summed E-state index contributed by atoms with van der Waals surface area (Å²) in [5.74, 6) is 0.715. The molecule has 0 unspecified atom stereocenters. The van der Waals surface area contributed by atoms with Gasteiger partial charge in [-0.2, -0.15) is 0 Å². The second kappa shape index (κ2) is 11.9. The quantitative estimate of drug-likeness (QED) is 0.175. The van der Waals surface area contributed by atoms with E-state index in [-0.39, 0.29) is 6.03 Å². The van der Waals surface area contributed by atoms with Crippen molar-refractivity contribution in [3.8, 4) is 22.5 Å². The molecule has 0 saturated carbocycles. The summed E-state index contributed by atoms with van der Waals surface area (Å²) in [7, 11) is 0. The highest BCUT2D eigenvalue weighted by Gasteiger charge is 2.20. The molecule has 1 heterocycles. The fourth-order valence-electron chi connectivity index (χ4n) is 3.70. The van der Waals surface area contributed by atoms with Crippen molar-refractivity contribution in [3.05, 3.63) is 89.4 Å². The van der Waals surface area contributed by atoms with Crippen LogP contribution in [-0.2, 0) is 6.54 Å². The number of rotatable bonds is 9. The van der Waals surface area contributed by atoms with Crippen molar-refractivity contribution < 1.29 is 4.79 Å². The number of anilines is 1. The highest BCUT2D eigenvalue weighted by Crippen LogP contribution is 2.36. The van der Waals surface area contributed by atoms with Crippen molar-refractivity contribution in [1.29, 1.82) is 0 Å². The molecule has 0 radical (unpaired) electrons. The first-order valence-electron chi connectivity index (χ1n) is 11.3. The molecule has 0 aliphatic heterocycles. The molecule has 1 aromatic heterocycles. The molecule has 0 fully saturated rings. The molecule has 2 amide bonds. The highest BCUT2D eigenvalue weighted by atomic mass is 79.9. The van der Waals surface area contributed by atoms with Gasteiger partial charge in [-0.25, -0.2) is 9.78 Å². The van der Waals surface area contributed by atoms with Gasteiger partial charge in [-0.1, -0.05) is 91.5 Å². The zero-order chi connectivity index (χ0) is 23.8. The summed E-state index contributed by atoms with van der Waals surface area (Å²) in [6, 6.07) is 28.1. The number of carbonyl (C=O) groups excluding carboxylic acids is 1. The van der Waals surface area contributed by atoms with Crippen LogP contribution >= 0.6 is 27.7 Å². The van der Waals surface area contributed by atoms with E-state index in [1.165, 1.54) is 0 Å². The van der Waals surface area contributed by atoms with Crippen molar-refractivity contribution in [2.45, 2.75) is 25.0 Å². The lowest BCUT2D eigenvalue weighted by Crippen LogP contribution is -2.30. The number of para-hydroxylation sites is 1. The third kappa shape index (κ3) is 5.90. The zero-order valence-electron chi connectivity index (χ0n) is 19.0. The smallest absolute Gasteiger partial charge is 0.319 e. The molecule has 7 heteroatoms. The van der Waals surface area contributed by atoms with Crippen LogP contribution in [0.5, 0.6) is 0 Å². The van der Waals surface area contributed by atoms with Gasteiger partial charge in [-0.3, -0.25) is 0 Å². The first-order chi connectivity index (χ1) is 16.7. The van der Waals surface area contributed by atoms with Crippen molar-refractivity contribution in [2.24, 2.45) is 0 Å². The molecule has 0 saturated heterocycles. The Bertz CT molecular complexity index is 1230. The lowest BCUT2D eigenvalue weighted by Gasteiger charge is -2.12. The number of urea groups is 1. The summed E-state index contributed by atoms with van der Waals surface area (Å²) < 4.78 is 3.16. The Kier molecular flexibility index (Phi) is 8.44. The van der Waals surface area contributed by atoms with Crippen LogP contribution in [0.3, 0.4) is 0 Å². The van der Waals surface area contributed by atoms with E-state index >= 15 is 0 Å². The number of nitrogens with zero attached hydrogens (tertiary/aromatic N) is 2. The van der Waals surface area contributed by atoms with Crippen LogP contribution in [-0.4, -0.2) is 27.9 Å². The van der Waals surface area contributed by atoms with Crippen LogP contribution in [0.4, 0.5) is 10.5 Å². The maximum atomic E-state index is 12.3. The van der Waals surface area contributed by atoms with Crippen molar-refractivity contribution in [1.82, 2.24) is 14.9 Å². The van der Waals surface area contributed by atoms with Crippen molar-refractivity contribution in [2.75, 3.05) is 17.6 Å². The first kappa shape index (κ1) is 24.1. The van der Waals surface area contributed by atoms with E-state index in [9.17, 15) is 4.79 Å². The third-order valence-corrected chi connectivity index (χ3v) is 6.88. The normalized spacial score (nSPS) is 10.8. The average molecular weight is 536 g/mol. The number of imidazole rings is 1. The molecule has 34 heavy (non-hydrogen) atoms. The lowest BCUT2D eigenvalue weighted by atomic mass is 10.0. The monoisotopic (exact) mass is 534 g/mol. The molecule has 0 aliphatic carbocycles. The minimum Gasteiger partial charge on any atom is -0.337 e. The number of nitrogens with one attached hydrogen (secondary N) is 2. The summed E-state index contributed by atoms with van der Waals surface area (Å²) in [5.41, 5.74) is 5.12. The molecular weight excluding hydrogens is 508 g/mol. The Balaban J connectivity index is 1.51. The predicted octanol–water partition coefficient (Wildman–Crippen LogP) is 7.30. The van der Waals surface area contributed by atoms with E-state index in [0.29, 0.717) is 12.3 Å². The van der Waals surface area contributed by atoms with E-state index in [2.05, 4.69) is 74.5 Å². The number of hydrogen-bond donors (Lipinski definition) is 2. The maximum Gasteiger partial charge on any atom is 0.319 e. The minimum atomic E-state index is -0.223. The molecule has 0 bridgehead atoms. The number of thioether (sulfide) groups is 1. The number of benzene rings is 3. The largest absolute Gasteiger partial charge is 0.337 e. The van der Waals surface area contributed by atoms with E-state index < -0.39 is 0 Å². The second-order valence-corrected chi connectivity index (χ2v) is 9.60. The van der Waals surface area contributed by atoms with Gasteiger partial charge in [0.25, 0.3) is 0 Å². The Hall–Kier alpha value is -3.03. The van der Waals surface area contributed by atoms with Gasteiger partial charge in [0.1, 0.15) is 0 Å². The van der Waals surface area contributed by atoms with Gasteiger partial charge in [0.05, 0.1) is 17.1 Å². The van der Waals surface area contributed by atoms with Gasteiger partial charge >= 0.3 is 6.03 Å². The Morgan fingerprint density at radius 2 is 1.59 bits per heavy atom. The van der Waals surface area contributed by atoms with Gasteiger partial charge in [0.15, 0.2) is 5.16 Å². The van der Waals surface area contributed by atoms with Crippen LogP contribution < -0.4 is 10.6 Å². The van der Waals surface area contributed by atoms with E-state index in [1.807, 2.05) is 48.5 Å². The summed E-state index contributed by atoms with van der Waals surface area (Å²) >= 11 is 5.11. The number of carbonyl (C=O) groups is 1. The first-order valence-corrected chi connectivity index (χ1v) is 13.1. The third-order valence-electron chi connectivity index (χ3n) is 5.22. The molecule has 0 aliphatic rings. The van der Waals surface area contributed by atoms with Gasteiger partial charge in [0, 0.05) is 34.4 Å². The van der Waals surface area contributed by atoms with Crippen LogP contribution in [0.2, 0.25) is 0 Å². The van der Waals surface area contributed by atoms with Gasteiger partial charge in [-0.15, -0.1) is 0 Å². The molecule has 0 spiro atoms. The number of aromatic nitrogens is 2. The molecule has 0 atom stereocenters. The number of halogens is 1. The lowest BCUT2D eigenvalue weighted by molar-refractivity contribution is 0.252. The molecule has 3 aromatic carbocycles. The van der Waals surface area contributed by atoms with E-state index in [0.717, 1.165) is 50.8 Å². The number of hydrogen-bond acceptors (Lipinski definition) is 3. The predicted molar refractivity (Wildman–Crippen MR) is 145 cm³/mol. The highest BCUT2D eigenvalue weighted by molar-refractivity contribution is 9.10. The Morgan fingerprint density at radius 1 is 0.941 bits per heavy atom. The van der Waals surface area contributed by atoms with Gasteiger partial charge in [-0.05, 0) is 34.5 Å². The Morgan fingerprint density at radius 3 is 2.26 bits per heavy atom. The zero-order valence-corrected chi connectivity index (χ0v) is 21.4. The van der Waals surface area contributed by atoms with E-state index in [1.54, 1.807) is 11.8 Å². The molecule has 4 rings (SSSR count). The van der Waals surface area contributed by atoms with Crippen LogP contribution in [0.25, 0.3) is 22.5 Å². The molecule has 174 valence electrons. The van der Waals surface area contributed by atoms with Crippen LogP contribution in [0.15, 0.2) is 94.6 Å². The molecular formula is C27H27BrN4OS. The minimum absolute atomic E-state index is 0.223. The summed E-state index contributed by atoms with van der Waals surface area (Å²) in [6.07, 6.45) is 1.00. The summed E-state index contributed by atoms with van der Waals surface area (Å²) in [4.78, 5) is 17.4. The van der Waals surface area contributed by atoms with Crippen LogP contribution in [0, 0.1) is 0 Å². The topological polar surface area (TPSA) is 59.0 Å². The van der Waals surface area contributed by atoms with Gasteiger partial charge < -0.3 is 15.2 Å². The Labute approximate surface area is 213 Å². The SMILES string of the molecule is CCCn1c(SCCNC(=O)Nc2ccccc2Br)nc(-c2ccccc2)c1-c1ccccc1. The van der Waals surface area contributed by atoms with Crippen LogP contribution in [0.1, 0.15) is 13.3 Å². The average Bonchev–Trinajstić information content (AvgIpc) is 3.23. The summed E-state index contributed by atoms with van der Waals surface area (Å²) in [6.45, 7) is 3.59. The molecule has 5 nitrogen and oxygen atoms in total. The van der Waals surface area contributed by atoms with Crippen molar-refractivity contribution >= 4 is 39.4 Å². The molecule has 4 aromatic rings. The summed E-state index contributed by atoms with van der Waals surface area (Å²) in [5, 5.41) is 6.77. The standard InChI is InChI=1S/C27H27BrN4OS/c1-2-18-32-25(21-13-7-4-8-14-21)24(20-11-5-3-6-12-20)31-27(32)34-19-17-29-26(33)30-23-16-10-9-15-22(23)28/h3-16H,2,17-19H2,1H3,(H2,29,30,33). The maximum absolute atomic E-state index is 12.3. The van der Waals surface area contributed by atoms with Crippen molar-refractivity contribution in [3.63, 3.8) is 0 Å². The van der Waals surface area contributed by atoms with E-state index in [4.69, 9.17) is 4.98 Å². The fraction of sp³-hybridized carbons (Fsp3) is 0.185. The molecule has 2 N–H and O–H groups in total.